The van der Waals surface area contributed by atoms with Crippen LogP contribution in [0.5, 0.6) is 0 Å². The Kier molecular flexibility index (Phi) is 5.31. The van der Waals surface area contributed by atoms with Crippen molar-refractivity contribution in [2.45, 2.75) is 0 Å². The van der Waals surface area contributed by atoms with Gasteiger partial charge >= 0.3 is 0 Å². The zero-order valence-electron chi connectivity index (χ0n) is 21.4. The van der Waals surface area contributed by atoms with Crippen LogP contribution >= 0.6 is 22.7 Å². The molecule has 2 aromatic heterocycles. The highest BCUT2D eigenvalue weighted by Gasteiger charge is 2.17. The molecule has 0 aliphatic heterocycles. The molecule has 0 saturated heterocycles. The van der Waals surface area contributed by atoms with Gasteiger partial charge in [-0.25, -0.2) is 0 Å². The van der Waals surface area contributed by atoms with E-state index in [1.807, 2.05) is 34.8 Å². The summed E-state index contributed by atoms with van der Waals surface area (Å²) in [6.07, 6.45) is 0. The molecule has 0 saturated carbocycles. The topological polar surface area (TPSA) is 23.8 Å². The molecular weight excluding hydrogens is 523 g/mol. The van der Waals surface area contributed by atoms with Crippen molar-refractivity contribution in [2.24, 2.45) is 0 Å². The Hall–Kier alpha value is -4.75. The molecule has 0 radical (unpaired) electrons. The van der Waals surface area contributed by atoms with Crippen LogP contribution in [0.1, 0.15) is 5.56 Å². The van der Waals surface area contributed by atoms with E-state index in [0.717, 1.165) is 5.56 Å². The second-order valence-electron chi connectivity index (χ2n) is 10.0. The lowest BCUT2D eigenvalue weighted by molar-refractivity contribution is 1.48. The van der Waals surface area contributed by atoms with Crippen LogP contribution in [0.2, 0.25) is 0 Å². The van der Waals surface area contributed by atoms with E-state index in [-0.39, 0.29) is 0 Å². The van der Waals surface area contributed by atoms with Gasteiger partial charge < -0.3 is 0 Å². The molecule has 3 heteroatoms. The smallest absolute Gasteiger partial charge is 0.0991 e. The standard InChI is InChI=1S/C37H21NS2/c38-22-23-15-17-24(18-16-23)33-21-25(26-9-5-11-31-28-7-1-3-13-34(28)39-36(26)31)19-20-27(33)30-10-6-12-32-29-8-2-4-14-35(29)40-37(30)32/h1-21H. The molecule has 0 aliphatic rings. The normalized spacial score (nSPS) is 11.5. The van der Waals surface area contributed by atoms with Gasteiger partial charge in [0.15, 0.2) is 0 Å². The number of nitrogens with zero attached hydrogens (tertiary/aromatic N) is 1. The van der Waals surface area contributed by atoms with Crippen molar-refractivity contribution in [1.29, 1.82) is 5.26 Å². The van der Waals surface area contributed by atoms with Crippen molar-refractivity contribution in [3.05, 3.63) is 133 Å². The van der Waals surface area contributed by atoms with Crippen LogP contribution in [-0.2, 0) is 0 Å². The first-order chi connectivity index (χ1) is 19.8. The molecule has 40 heavy (non-hydrogen) atoms. The van der Waals surface area contributed by atoms with E-state index >= 15 is 0 Å². The fourth-order valence-electron chi connectivity index (χ4n) is 5.84. The van der Waals surface area contributed by atoms with Crippen molar-refractivity contribution in [2.75, 3.05) is 0 Å². The van der Waals surface area contributed by atoms with Crippen LogP contribution < -0.4 is 0 Å². The molecule has 8 rings (SSSR count). The van der Waals surface area contributed by atoms with Crippen LogP contribution in [0.25, 0.3) is 73.7 Å². The van der Waals surface area contributed by atoms with Gasteiger partial charge in [0.2, 0.25) is 0 Å². The van der Waals surface area contributed by atoms with E-state index < -0.39 is 0 Å². The first kappa shape index (κ1) is 23.2. The fourth-order valence-corrected chi connectivity index (χ4v) is 8.31. The lowest BCUT2D eigenvalue weighted by Crippen LogP contribution is -1.89. The Balaban J connectivity index is 1.40. The summed E-state index contributed by atoms with van der Waals surface area (Å²) in [5, 5.41) is 14.6. The van der Waals surface area contributed by atoms with Crippen molar-refractivity contribution in [3.8, 4) is 39.4 Å². The van der Waals surface area contributed by atoms with Gasteiger partial charge in [-0.15, -0.1) is 22.7 Å². The lowest BCUT2D eigenvalue weighted by Gasteiger charge is -2.14. The van der Waals surface area contributed by atoms with E-state index in [4.69, 9.17) is 0 Å². The van der Waals surface area contributed by atoms with E-state index in [9.17, 15) is 5.26 Å². The van der Waals surface area contributed by atoms with E-state index in [2.05, 4.69) is 121 Å². The first-order valence-electron chi connectivity index (χ1n) is 13.2. The van der Waals surface area contributed by atoms with Crippen molar-refractivity contribution < 1.29 is 0 Å². The van der Waals surface area contributed by atoms with Gasteiger partial charge in [0.1, 0.15) is 0 Å². The Bertz CT molecular complexity index is 2280. The van der Waals surface area contributed by atoms with Crippen molar-refractivity contribution in [1.82, 2.24) is 0 Å². The quantitative estimate of drug-likeness (QED) is 0.217. The second-order valence-corrected chi connectivity index (χ2v) is 12.1. The summed E-state index contributed by atoms with van der Waals surface area (Å²) in [4.78, 5) is 0. The van der Waals surface area contributed by atoms with E-state index in [1.165, 1.54) is 68.2 Å². The maximum atomic E-state index is 9.42. The van der Waals surface area contributed by atoms with Gasteiger partial charge in [-0.2, -0.15) is 5.26 Å². The highest BCUT2D eigenvalue weighted by atomic mass is 32.1. The summed E-state index contributed by atoms with van der Waals surface area (Å²) in [5.74, 6) is 0. The number of nitriles is 1. The molecule has 8 aromatic rings. The molecule has 0 spiro atoms. The Morgan fingerprint density at radius 2 is 0.975 bits per heavy atom. The van der Waals surface area contributed by atoms with Gasteiger partial charge in [0, 0.05) is 45.9 Å². The van der Waals surface area contributed by atoms with Gasteiger partial charge in [-0.05, 0) is 58.1 Å². The Labute approximate surface area is 239 Å². The van der Waals surface area contributed by atoms with Gasteiger partial charge in [0.05, 0.1) is 11.6 Å². The zero-order chi connectivity index (χ0) is 26.6. The summed E-state index contributed by atoms with van der Waals surface area (Å²) in [7, 11) is 0. The summed E-state index contributed by atoms with van der Waals surface area (Å²) < 4.78 is 5.23. The summed E-state index contributed by atoms with van der Waals surface area (Å²) in [5.41, 5.74) is 7.84. The molecule has 0 N–H and O–H groups in total. The minimum atomic E-state index is 0.670. The molecule has 2 heterocycles. The highest BCUT2D eigenvalue weighted by molar-refractivity contribution is 7.26. The molecule has 0 atom stereocenters. The number of thiophene rings is 2. The van der Waals surface area contributed by atoms with Crippen LogP contribution in [0.3, 0.4) is 0 Å². The van der Waals surface area contributed by atoms with Crippen LogP contribution in [0.15, 0.2) is 127 Å². The third-order valence-electron chi connectivity index (χ3n) is 7.75. The Morgan fingerprint density at radius 3 is 1.62 bits per heavy atom. The summed E-state index contributed by atoms with van der Waals surface area (Å²) in [6.45, 7) is 0. The SMILES string of the molecule is N#Cc1ccc(-c2cc(-c3cccc4c3sc3ccccc34)ccc2-c2cccc3c2sc2ccccc23)cc1. The van der Waals surface area contributed by atoms with Gasteiger partial charge in [-0.1, -0.05) is 97.1 Å². The maximum Gasteiger partial charge on any atom is 0.0991 e. The minimum Gasteiger partial charge on any atom is -0.192 e. The lowest BCUT2D eigenvalue weighted by atomic mass is 9.90. The van der Waals surface area contributed by atoms with Gasteiger partial charge in [-0.3, -0.25) is 0 Å². The van der Waals surface area contributed by atoms with Crippen molar-refractivity contribution >= 4 is 63.0 Å². The van der Waals surface area contributed by atoms with Crippen molar-refractivity contribution in [3.63, 3.8) is 0 Å². The number of fused-ring (bicyclic) bond motifs is 6. The molecule has 6 aromatic carbocycles. The number of benzene rings is 6. The summed E-state index contributed by atoms with van der Waals surface area (Å²) in [6, 6.07) is 47.7. The molecule has 0 amide bonds. The Morgan fingerprint density at radius 1 is 0.425 bits per heavy atom. The van der Waals surface area contributed by atoms with E-state index in [0.29, 0.717) is 5.56 Å². The molecule has 0 unspecified atom stereocenters. The highest BCUT2D eigenvalue weighted by Crippen LogP contribution is 2.45. The number of hydrogen-bond donors (Lipinski definition) is 0. The average Bonchev–Trinajstić information content (AvgIpc) is 3.59. The third kappa shape index (κ3) is 3.58. The maximum absolute atomic E-state index is 9.42. The van der Waals surface area contributed by atoms with Crippen LogP contribution in [0, 0.1) is 11.3 Å². The monoisotopic (exact) mass is 543 g/mol. The molecule has 0 aliphatic carbocycles. The molecule has 1 nitrogen and oxygen atoms in total. The molecule has 0 fully saturated rings. The first-order valence-corrected chi connectivity index (χ1v) is 14.9. The second kappa shape index (κ2) is 9.17. The average molecular weight is 544 g/mol. The molecule has 186 valence electrons. The predicted octanol–water partition coefficient (Wildman–Crippen LogP) is 11.3. The zero-order valence-corrected chi connectivity index (χ0v) is 23.0. The number of hydrogen-bond acceptors (Lipinski definition) is 3. The summed E-state index contributed by atoms with van der Waals surface area (Å²) >= 11 is 3.72. The van der Waals surface area contributed by atoms with Crippen LogP contribution in [0.4, 0.5) is 0 Å². The predicted molar refractivity (Wildman–Crippen MR) is 173 cm³/mol. The van der Waals surface area contributed by atoms with Gasteiger partial charge in [0.25, 0.3) is 0 Å². The van der Waals surface area contributed by atoms with E-state index in [1.54, 1.807) is 0 Å². The third-order valence-corrected chi connectivity index (χ3v) is 10.2. The largest absolute Gasteiger partial charge is 0.192 e. The fraction of sp³-hybridized carbons (Fsp3) is 0. The minimum absolute atomic E-state index is 0.670. The number of rotatable bonds is 3. The molecular formula is C37H21NS2. The molecule has 0 bridgehead atoms. The van der Waals surface area contributed by atoms with Crippen LogP contribution in [-0.4, -0.2) is 0 Å².